The van der Waals surface area contributed by atoms with Gasteiger partial charge >= 0.3 is 0 Å². The van der Waals surface area contributed by atoms with E-state index < -0.39 is 0 Å². The van der Waals surface area contributed by atoms with Crippen LogP contribution in [-0.4, -0.2) is 48.0 Å². The summed E-state index contributed by atoms with van der Waals surface area (Å²) >= 11 is 0. The lowest BCUT2D eigenvalue weighted by Crippen LogP contribution is -2.43. The first kappa shape index (κ1) is 11.6. The van der Waals surface area contributed by atoms with E-state index in [0.29, 0.717) is 0 Å². The van der Waals surface area contributed by atoms with Gasteiger partial charge in [0.25, 0.3) is 0 Å². The van der Waals surface area contributed by atoms with Gasteiger partial charge in [0.15, 0.2) is 0 Å². The number of likely N-dealkylation sites (N-methyl/N-ethyl adjacent to an activating group) is 1. The fourth-order valence-corrected chi connectivity index (χ4v) is 2.66. The second kappa shape index (κ2) is 4.63. The fraction of sp³-hybridized carbons (Fsp3) is 0.429. The van der Waals surface area contributed by atoms with Crippen molar-refractivity contribution in [3.63, 3.8) is 0 Å². The van der Waals surface area contributed by atoms with Crippen LogP contribution in [0, 0.1) is 0 Å². The van der Waals surface area contributed by atoms with Crippen molar-refractivity contribution in [2.45, 2.75) is 6.54 Å². The van der Waals surface area contributed by atoms with E-state index in [1.165, 1.54) is 10.9 Å². The Balaban J connectivity index is 1.82. The zero-order chi connectivity index (χ0) is 12.5. The second-order valence-corrected chi connectivity index (χ2v) is 5.16. The van der Waals surface area contributed by atoms with Gasteiger partial charge in [-0.05, 0) is 24.7 Å². The van der Waals surface area contributed by atoms with Crippen molar-refractivity contribution >= 4 is 16.6 Å². The predicted molar refractivity (Wildman–Crippen MR) is 75.5 cm³/mol. The summed E-state index contributed by atoms with van der Waals surface area (Å²) in [5.41, 5.74) is 9.41. The van der Waals surface area contributed by atoms with Crippen LogP contribution in [-0.2, 0) is 6.54 Å². The number of aromatic nitrogens is 1. The van der Waals surface area contributed by atoms with E-state index in [1.54, 1.807) is 0 Å². The highest BCUT2D eigenvalue weighted by atomic mass is 15.2. The number of nitrogens with two attached hydrogens (primary N) is 1. The highest BCUT2D eigenvalue weighted by molar-refractivity contribution is 5.93. The largest absolute Gasteiger partial charge is 0.398 e. The normalized spacial score (nSPS) is 18.5. The molecule has 3 rings (SSSR count). The molecule has 0 amide bonds. The van der Waals surface area contributed by atoms with Gasteiger partial charge in [-0.15, -0.1) is 0 Å². The Bertz CT molecular complexity index is 538. The minimum atomic E-state index is 0.873. The molecule has 0 spiro atoms. The summed E-state index contributed by atoms with van der Waals surface area (Å²) in [5, 5.41) is 1.19. The van der Waals surface area contributed by atoms with Crippen molar-refractivity contribution in [1.82, 2.24) is 14.8 Å². The average molecular weight is 244 g/mol. The standard InChI is InChI=1S/C14H20N4/c1-17-5-7-18(8-6-17)10-11-9-16-13-4-2-3-12(15)14(11)13/h2-4,9,16H,5-8,10,15H2,1H3. The van der Waals surface area contributed by atoms with Crippen LogP contribution in [0.3, 0.4) is 0 Å². The monoisotopic (exact) mass is 244 g/mol. The van der Waals surface area contributed by atoms with Crippen molar-refractivity contribution in [3.8, 4) is 0 Å². The van der Waals surface area contributed by atoms with E-state index in [9.17, 15) is 0 Å². The van der Waals surface area contributed by atoms with Crippen LogP contribution in [0.15, 0.2) is 24.4 Å². The molecular weight excluding hydrogens is 224 g/mol. The number of anilines is 1. The van der Waals surface area contributed by atoms with Crippen LogP contribution in [0.5, 0.6) is 0 Å². The molecule has 1 aromatic carbocycles. The minimum absolute atomic E-state index is 0.873. The van der Waals surface area contributed by atoms with E-state index in [2.05, 4.69) is 34.1 Å². The molecule has 0 unspecified atom stereocenters. The molecule has 0 atom stereocenters. The molecule has 0 saturated carbocycles. The van der Waals surface area contributed by atoms with Crippen molar-refractivity contribution < 1.29 is 0 Å². The van der Waals surface area contributed by atoms with Crippen LogP contribution < -0.4 is 5.73 Å². The Morgan fingerprint density at radius 1 is 1.22 bits per heavy atom. The Kier molecular flexibility index (Phi) is 2.97. The van der Waals surface area contributed by atoms with Crippen LogP contribution in [0.2, 0.25) is 0 Å². The number of hydrogen-bond acceptors (Lipinski definition) is 3. The molecule has 0 bridgehead atoms. The molecule has 2 aromatic rings. The molecule has 96 valence electrons. The van der Waals surface area contributed by atoms with E-state index >= 15 is 0 Å². The van der Waals surface area contributed by atoms with Gasteiger partial charge < -0.3 is 15.6 Å². The molecule has 1 saturated heterocycles. The lowest BCUT2D eigenvalue weighted by Gasteiger charge is -2.32. The van der Waals surface area contributed by atoms with E-state index in [0.717, 1.165) is 43.9 Å². The molecule has 3 N–H and O–H groups in total. The highest BCUT2D eigenvalue weighted by Gasteiger charge is 2.16. The Morgan fingerprint density at radius 2 is 2.00 bits per heavy atom. The Labute approximate surface area is 107 Å². The van der Waals surface area contributed by atoms with Crippen LogP contribution in [0.1, 0.15) is 5.56 Å². The van der Waals surface area contributed by atoms with Gasteiger partial charge in [-0.2, -0.15) is 0 Å². The summed E-state index contributed by atoms with van der Waals surface area (Å²) in [6.45, 7) is 5.56. The maximum atomic E-state index is 6.08. The predicted octanol–water partition coefficient (Wildman–Crippen LogP) is 1.50. The number of H-pyrrole nitrogens is 1. The SMILES string of the molecule is CN1CCN(Cc2c[nH]c3cccc(N)c23)CC1. The zero-order valence-corrected chi connectivity index (χ0v) is 10.8. The Hall–Kier alpha value is -1.52. The quantitative estimate of drug-likeness (QED) is 0.787. The molecule has 4 heteroatoms. The first-order valence-electron chi connectivity index (χ1n) is 6.49. The number of nitrogens with one attached hydrogen (secondary N) is 1. The topological polar surface area (TPSA) is 48.3 Å². The number of piperazine rings is 1. The average Bonchev–Trinajstić information content (AvgIpc) is 2.77. The van der Waals surface area contributed by atoms with Crippen molar-refractivity contribution in [2.75, 3.05) is 39.0 Å². The van der Waals surface area contributed by atoms with E-state index in [-0.39, 0.29) is 0 Å². The molecule has 18 heavy (non-hydrogen) atoms. The van der Waals surface area contributed by atoms with Crippen LogP contribution in [0.25, 0.3) is 10.9 Å². The third kappa shape index (κ3) is 2.09. The molecule has 4 nitrogen and oxygen atoms in total. The number of hydrogen-bond donors (Lipinski definition) is 2. The maximum absolute atomic E-state index is 6.08. The number of aromatic amines is 1. The zero-order valence-electron chi connectivity index (χ0n) is 10.8. The van der Waals surface area contributed by atoms with Gasteiger partial charge in [0.05, 0.1) is 0 Å². The van der Waals surface area contributed by atoms with Gasteiger partial charge in [0, 0.05) is 55.5 Å². The van der Waals surface area contributed by atoms with Crippen LogP contribution in [0.4, 0.5) is 5.69 Å². The lowest BCUT2D eigenvalue weighted by atomic mass is 10.1. The summed E-state index contributed by atoms with van der Waals surface area (Å²) in [5.74, 6) is 0. The van der Waals surface area contributed by atoms with E-state index in [1.807, 2.05) is 12.1 Å². The van der Waals surface area contributed by atoms with Crippen molar-refractivity contribution in [2.24, 2.45) is 0 Å². The number of nitrogen functional groups attached to an aromatic ring is 1. The fourth-order valence-electron chi connectivity index (χ4n) is 2.66. The smallest absolute Gasteiger partial charge is 0.0478 e. The van der Waals surface area contributed by atoms with Gasteiger partial charge in [-0.3, -0.25) is 4.90 Å². The van der Waals surface area contributed by atoms with Gasteiger partial charge in [0.1, 0.15) is 0 Å². The lowest BCUT2D eigenvalue weighted by molar-refractivity contribution is 0.148. The molecular formula is C14H20N4. The summed E-state index contributed by atoms with van der Waals surface area (Å²) in [6, 6.07) is 6.05. The molecule has 0 aliphatic carbocycles. The van der Waals surface area contributed by atoms with Gasteiger partial charge in [0.2, 0.25) is 0 Å². The third-order valence-electron chi connectivity index (χ3n) is 3.81. The number of benzene rings is 1. The first-order chi connectivity index (χ1) is 8.74. The summed E-state index contributed by atoms with van der Waals surface area (Å²) < 4.78 is 0. The summed E-state index contributed by atoms with van der Waals surface area (Å²) in [4.78, 5) is 8.18. The van der Waals surface area contributed by atoms with Crippen molar-refractivity contribution in [1.29, 1.82) is 0 Å². The number of fused-ring (bicyclic) bond motifs is 1. The number of rotatable bonds is 2. The summed E-state index contributed by atoms with van der Waals surface area (Å²) in [7, 11) is 2.18. The summed E-state index contributed by atoms with van der Waals surface area (Å²) in [6.07, 6.45) is 2.10. The van der Waals surface area contributed by atoms with Crippen LogP contribution >= 0.6 is 0 Å². The van der Waals surface area contributed by atoms with Crippen molar-refractivity contribution in [3.05, 3.63) is 30.0 Å². The minimum Gasteiger partial charge on any atom is -0.398 e. The molecule has 2 heterocycles. The molecule has 1 fully saturated rings. The molecule has 1 aliphatic heterocycles. The Morgan fingerprint density at radius 3 is 2.78 bits per heavy atom. The third-order valence-corrected chi connectivity index (χ3v) is 3.81. The first-order valence-corrected chi connectivity index (χ1v) is 6.49. The molecule has 0 radical (unpaired) electrons. The highest BCUT2D eigenvalue weighted by Crippen LogP contribution is 2.25. The maximum Gasteiger partial charge on any atom is 0.0478 e. The van der Waals surface area contributed by atoms with Gasteiger partial charge in [-0.25, -0.2) is 0 Å². The van der Waals surface area contributed by atoms with Gasteiger partial charge in [-0.1, -0.05) is 6.07 Å². The van der Waals surface area contributed by atoms with E-state index in [4.69, 9.17) is 5.73 Å². The molecule has 1 aromatic heterocycles. The second-order valence-electron chi connectivity index (χ2n) is 5.16. The molecule has 1 aliphatic rings. The number of nitrogens with zero attached hydrogens (tertiary/aromatic N) is 2.